The van der Waals surface area contributed by atoms with Crippen LogP contribution >= 0.6 is 0 Å². The lowest BCUT2D eigenvalue weighted by molar-refractivity contribution is 0.122. The van der Waals surface area contributed by atoms with E-state index in [1.807, 2.05) is 6.92 Å². The molecule has 0 amide bonds. The zero-order chi connectivity index (χ0) is 17.6. The summed E-state index contributed by atoms with van der Waals surface area (Å²) in [5.41, 5.74) is 1.87. The van der Waals surface area contributed by atoms with Gasteiger partial charge in [0, 0.05) is 6.10 Å². The van der Waals surface area contributed by atoms with Gasteiger partial charge in [0.15, 0.2) is 8.32 Å². The number of hydrogen-bond acceptors (Lipinski definition) is 3. The summed E-state index contributed by atoms with van der Waals surface area (Å²) in [6.45, 7) is 17.8. The Morgan fingerprint density at radius 3 is 2.00 bits per heavy atom. The minimum Gasteiger partial charge on any atom is -0.414 e. The van der Waals surface area contributed by atoms with Crippen LogP contribution < -0.4 is 0 Å². The molecule has 0 fully saturated rings. The normalized spacial score (nSPS) is 16.0. The first-order valence-corrected chi connectivity index (χ1v) is 11.4. The third-order valence-corrected chi connectivity index (χ3v) is 9.50. The molecule has 0 saturated carbocycles. The molecule has 0 bridgehead atoms. The van der Waals surface area contributed by atoms with Gasteiger partial charge in [-0.05, 0) is 61.4 Å². The van der Waals surface area contributed by atoms with Crippen molar-refractivity contribution in [2.45, 2.75) is 85.0 Å². The summed E-state index contributed by atoms with van der Waals surface area (Å²) in [6.07, 6.45) is 3.11. The number of aliphatic hydroxyl groups excluding tert-OH is 2. The SMILES string of the molecule is C/C(CO)=C(/CO)CCCC(O[Si](C)(C)C(C)(C)C)C(C)C. The van der Waals surface area contributed by atoms with Crippen molar-refractivity contribution in [3.8, 4) is 0 Å². The van der Waals surface area contributed by atoms with Crippen LogP contribution in [0.2, 0.25) is 18.1 Å². The molecule has 0 rings (SSSR count). The van der Waals surface area contributed by atoms with Gasteiger partial charge in [-0.15, -0.1) is 0 Å². The predicted molar refractivity (Wildman–Crippen MR) is 97.6 cm³/mol. The van der Waals surface area contributed by atoms with Crippen molar-refractivity contribution in [2.24, 2.45) is 5.92 Å². The third-order valence-electron chi connectivity index (χ3n) is 4.99. The van der Waals surface area contributed by atoms with Crippen LogP contribution in [0.1, 0.15) is 60.8 Å². The molecule has 1 unspecified atom stereocenters. The lowest BCUT2D eigenvalue weighted by Crippen LogP contribution is -2.45. The molecular formula is C18H38O3Si. The maximum absolute atomic E-state index is 9.40. The van der Waals surface area contributed by atoms with E-state index in [0.717, 1.165) is 30.4 Å². The second kappa shape index (κ2) is 9.21. The van der Waals surface area contributed by atoms with Gasteiger partial charge in [0.25, 0.3) is 0 Å². The molecule has 0 heterocycles. The van der Waals surface area contributed by atoms with E-state index in [9.17, 15) is 10.2 Å². The first-order chi connectivity index (χ1) is 9.96. The smallest absolute Gasteiger partial charge is 0.192 e. The van der Waals surface area contributed by atoms with E-state index in [0.29, 0.717) is 5.92 Å². The highest BCUT2D eigenvalue weighted by Crippen LogP contribution is 2.38. The molecule has 3 nitrogen and oxygen atoms in total. The summed E-state index contributed by atoms with van der Waals surface area (Å²) in [6, 6.07) is 0. The molecule has 0 aliphatic rings. The summed E-state index contributed by atoms with van der Waals surface area (Å²) < 4.78 is 6.58. The van der Waals surface area contributed by atoms with Crippen molar-refractivity contribution in [1.82, 2.24) is 0 Å². The van der Waals surface area contributed by atoms with Crippen molar-refractivity contribution >= 4 is 8.32 Å². The molecule has 0 saturated heterocycles. The maximum atomic E-state index is 9.40. The lowest BCUT2D eigenvalue weighted by atomic mass is 9.98. The number of aliphatic hydroxyl groups is 2. The second-order valence-electron chi connectivity index (χ2n) is 8.25. The first-order valence-electron chi connectivity index (χ1n) is 8.53. The topological polar surface area (TPSA) is 49.7 Å². The minimum absolute atomic E-state index is 0.0317. The largest absolute Gasteiger partial charge is 0.414 e. The van der Waals surface area contributed by atoms with Crippen molar-refractivity contribution in [3.63, 3.8) is 0 Å². The van der Waals surface area contributed by atoms with E-state index >= 15 is 0 Å². The Kier molecular flexibility index (Phi) is 9.14. The standard InChI is InChI=1S/C18H38O3Si/c1-14(2)17(21-22(7,8)18(4,5)6)11-9-10-16(13-20)15(3)12-19/h14,17,19-20H,9-13H2,1-8H3/b16-15-. The van der Waals surface area contributed by atoms with Gasteiger partial charge in [-0.1, -0.05) is 34.6 Å². The quantitative estimate of drug-likeness (QED) is 0.483. The summed E-state index contributed by atoms with van der Waals surface area (Å²) in [5, 5.41) is 18.8. The van der Waals surface area contributed by atoms with Gasteiger partial charge >= 0.3 is 0 Å². The Morgan fingerprint density at radius 1 is 1.09 bits per heavy atom. The zero-order valence-electron chi connectivity index (χ0n) is 16.0. The molecule has 22 heavy (non-hydrogen) atoms. The van der Waals surface area contributed by atoms with Gasteiger partial charge in [0.05, 0.1) is 13.2 Å². The highest BCUT2D eigenvalue weighted by Gasteiger charge is 2.39. The summed E-state index contributed by atoms with van der Waals surface area (Å²) >= 11 is 0. The summed E-state index contributed by atoms with van der Waals surface area (Å²) in [5.74, 6) is 0.495. The molecule has 132 valence electrons. The Labute approximate surface area is 138 Å². The lowest BCUT2D eigenvalue weighted by Gasteiger charge is -2.40. The summed E-state index contributed by atoms with van der Waals surface area (Å²) in [4.78, 5) is 0. The highest BCUT2D eigenvalue weighted by molar-refractivity contribution is 6.74. The molecule has 0 aromatic heterocycles. The van der Waals surface area contributed by atoms with Gasteiger partial charge in [0.2, 0.25) is 0 Å². The molecule has 0 aromatic rings. The van der Waals surface area contributed by atoms with Crippen molar-refractivity contribution in [1.29, 1.82) is 0 Å². The average molecular weight is 331 g/mol. The molecular weight excluding hydrogens is 292 g/mol. The van der Waals surface area contributed by atoms with Gasteiger partial charge in [-0.3, -0.25) is 0 Å². The Hall–Kier alpha value is -0.163. The molecule has 0 radical (unpaired) electrons. The van der Waals surface area contributed by atoms with E-state index in [1.54, 1.807) is 0 Å². The van der Waals surface area contributed by atoms with Crippen LogP contribution in [0.3, 0.4) is 0 Å². The zero-order valence-corrected chi connectivity index (χ0v) is 17.0. The molecule has 0 aliphatic heterocycles. The van der Waals surface area contributed by atoms with Crippen LogP contribution in [0.15, 0.2) is 11.1 Å². The Morgan fingerprint density at radius 2 is 1.64 bits per heavy atom. The van der Waals surface area contributed by atoms with Crippen molar-refractivity contribution < 1.29 is 14.6 Å². The van der Waals surface area contributed by atoms with Crippen LogP contribution in [0.4, 0.5) is 0 Å². The number of rotatable bonds is 9. The molecule has 0 spiro atoms. The monoisotopic (exact) mass is 330 g/mol. The fourth-order valence-corrected chi connectivity index (χ4v) is 3.64. The van der Waals surface area contributed by atoms with E-state index in [-0.39, 0.29) is 24.4 Å². The maximum Gasteiger partial charge on any atom is 0.192 e. The van der Waals surface area contributed by atoms with Crippen LogP contribution in [0, 0.1) is 5.92 Å². The van der Waals surface area contributed by atoms with Gasteiger partial charge in [0.1, 0.15) is 0 Å². The van der Waals surface area contributed by atoms with Gasteiger partial charge < -0.3 is 14.6 Å². The fourth-order valence-electron chi connectivity index (χ4n) is 2.14. The molecule has 0 aromatic carbocycles. The molecule has 4 heteroatoms. The van der Waals surface area contributed by atoms with Crippen LogP contribution in [-0.2, 0) is 4.43 Å². The third kappa shape index (κ3) is 6.94. The Bertz CT molecular complexity index is 354. The minimum atomic E-state index is -1.75. The van der Waals surface area contributed by atoms with E-state index in [4.69, 9.17) is 4.43 Å². The first kappa shape index (κ1) is 21.8. The number of hydrogen-bond donors (Lipinski definition) is 2. The second-order valence-corrected chi connectivity index (χ2v) is 13.0. The average Bonchev–Trinajstić information content (AvgIpc) is 2.39. The predicted octanol–water partition coefficient (Wildman–Crippen LogP) is 4.50. The van der Waals surface area contributed by atoms with Crippen molar-refractivity contribution in [2.75, 3.05) is 13.2 Å². The molecule has 2 N–H and O–H groups in total. The van der Waals surface area contributed by atoms with Gasteiger partial charge in [-0.25, -0.2) is 0 Å². The van der Waals surface area contributed by atoms with Crippen LogP contribution in [-0.4, -0.2) is 37.8 Å². The van der Waals surface area contributed by atoms with Crippen molar-refractivity contribution in [3.05, 3.63) is 11.1 Å². The highest BCUT2D eigenvalue weighted by atomic mass is 28.4. The van der Waals surface area contributed by atoms with Crippen LogP contribution in [0.25, 0.3) is 0 Å². The summed E-state index contributed by atoms with van der Waals surface area (Å²) in [7, 11) is -1.75. The van der Waals surface area contributed by atoms with E-state index in [1.165, 1.54) is 0 Å². The van der Waals surface area contributed by atoms with Gasteiger partial charge in [-0.2, -0.15) is 0 Å². The van der Waals surface area contributed by atoms with Crippen LogP contribution in [0.5, 0.6) is 0 Å². The molecule has 1 atom stereocenters. The Balaban J connectivity index is 4.69. The van der Waals surface area contributed by atoms with E-state index < -0.39 is 8.32 Å². The van der Waals surface area contributed by atoms with E-state index in [2.05, 4.69) is 47.7 Å². The fraction of sp³-hybridized carbons (Fsp3) is 0.889. The molecule has 0 aliphatic carbocycles.